The molecule has 6 nitrogen and oxygen atoms in total. The van der Waals surface area contributed by atoms with E-state index in [2.05, 4.69) is 0 Å². The van der Waals surface area contributed by atoms with E-state index in [0.717, 1.165) is 38.5 Å². The van der Waals surface area contributed by atoms with Gasteiger partial charge in [0.05, 0.1) is 0 Å². The normalized spacial score (nSPS) is 11.0. The summed E-state index contributed by atoms with van der Waals surface area (Å²) >= 11 is 0. The van der Waals surface area contributed by atoms with E-state index in [4.69, 9.17) is 15.3 Å². The van der Waals surface area contributed by atoms with Crippen molar-refractivity contribution in [3.05, 3.63) is 0 Å². The minimum Gasteiger partial charge on any atom is -0.481 e. The van der Waals surface area contributed by atoms with Crippen LogP contribution in [0.3, 0.4) is 0 Å². The van der Waals surface area contributed by atoms with E-state index in [1.165, 1.54) is 44.9 Å². The van der Waals surface area contributed by atoms with Crippen LogP contribution in [0, 0.1) is 5.92 Å². The molecule has 0 bridgehead atoms. The first-order chi connectivity index (χ1) is 12.4. The monoisotopic (exact) mass is 372 g/mol. The number of rotatable bonds is 19. The summed E-state index contributed by atoms with van der Waals surface area (Å²) < 4.78 is 0. The van der Waals surface area contributed by atoms with Gasteiger partial charge in [0, 0.05) is 6.42 Å². The van der Waals surface area contributed by atoms with Crippen molar-refractivity contribution in [1.29, 1.82) is 0 Å². The number of carboxylic acid groups (broad SMARTS) is 3. The summed E-state index contributed by atoms with van der Waals surface area (Å²) in [7, 11) is 0. The third kappa shape index (κ3) is 15.9. The molecule has 0 aromatic carbocycles. The molecule has 26 heavy (non-hydrogen) atoms. The van der Waals surface area contributed by atoms with Crippen LogP contribution in [0.4, 0.5) is 0 Å². The highest BCUT2D eigenvalue weighted by atomic mass is 16.4. The molecule has 0 aliphatic carbocycles. The maximum absolute atomic E-state index is 10.7. The van der Waals surface area contributed by atoms with Gasteiger partial charge in [-0.2, -0.15) is 0 Å². The standard InChI is InChI=1S/C20H36O6/c21-18(22)16-14-12-10-8-6-4-2-1-3-5-7-9-11-13-15-17(19(23)24)20(25)26/h17H,1-16H2,(H,21,22)(H,23,24)(H,25,26). The minimum atomic E-state index is -1.26. The zero-order valence-corrected chi connectivity index (χ0v) is 16.0. The molecule has 0 fully saturated rings. The summed E-state index contributed by atoms with van der Waals surface area (Å²) in [5, 5.41) is 26.1. The Morgan fingerprint density at radius 1 is 0.500 bits per heavy atom. The summed E-state index contributed by atoms with van der Waals surface area (Å²) in [4.78, 5) is 31.9. The highest BCUT2D eigenvalue weighted by molar-refractivity contribution is 5.92. The van der Waals surface area contributed by atoms with Crippen molar-refractivity contribution < 1.29 is 29.7 Å². The Hall–Kier alpha value is -1.59. The lowest BCUT2D eigenvalue weighted by Gasteiger charge is -2.07. The molecule has 0 saturated heterocycles. The second-order valence-corrected chi connectivity index (χ2v) is 7.11. The Morgan fingerprint density at radius 3 is 1.12 bits per heavy atom. The van der Waals surface area contributed by atoms with Gasteiger partial charge in [-0.25, -0.2) is 0 Å². The van der Waals surface area contributed by atoms with Crippen molar-refractivity contribution in [3.63, 3.8) is 0 Å². The average molecular weight is 373 g/mol. The van der Waals surface area contributed by atoms with Crippen molar-refractivity contribution in [2.24, 2.45) is 5.92 Å². The second-order valence-electron chi connectivity index (χ2n) is 7.11. The molecular formula is C20H36O6. The fraction of sp³-hybridized carbons (Fsp3) is 0.850. The van der Waals surface area contributed by atoms with Gasteiger partial charge in [0.2, 0.25) is 0 Å². The molecule has 0 unspecified atom stereocenters. The lowest BCUT2D eigenvalue weighted by molar-refractivity contribution is -0.154. The molecule has 152 valence electrons. The number of aliphatic carboxylic acids is 3. The van der Waals surface area contributed by atoms with Crippen molar-refractivity contribution >= 4 is 17.9 Å². The molecule has 0 radical (unpaired) electrons. The highest BCUT2D eigenvalue weighted by Gasteiger charge is 2.24. The fourth-order valence-corrected chi connectivity index (χ4v) is 3.10. The zero-order valence-electron chi connectivity index (χ0n) is 16.0. The van der Waals surface area contributed by atoms with Gasteiger partial charge in [-0.1, -0.05) is 83.5 Å². The summed E-state index contributed by atoms with van der Waals surface area (Å²) in [5.41, 5.74) is 0. The number of carbonyl (C=O) groups is 3. The third-order valence-corrected chi connectivity index (χ3v) is 4.73. The van der Waals surface area contributed by atoms with Crippen LogP contribution in [0.5, 0.6) is 0 Å². The SMILES string of the molecule is O=C(O)CCCCCCCCCCCCCCCCC(C(=O)O)C(=O)O. The molecule has 6 heteroatoms. The molecule has 0 saturated carbocycles. The summed E-state index contributed by atoms with van der Waals surface area (Å²) in [5.74, 6) is -4.43. The van der Waals surface area contributed by atoms with Crippen LogP contribution in [-0.2, 0) is 14.4 Å². The van der Waals surface area contributed by atoms with Crippen molar-refractivity contribution in [1.82, 2.24) is 0 Å². The zero-order chi connectivity index (χ0) is 19.6. The van der Waals surface area contributed by atoms with Crippen LogP contribution in [0.15, 0.2) is 0 Å². The van der Waals surface area contributed by atoms with Crippen molar-refractivity contribution in [3.8, 4) is 0 Å². The molecule has 0 amide bonds. The molecular weight excluding hydrogens is 336 g/mol. The number of hydrogen-bond acceptors (Lipinski definition) is 3. The van der Waals surface area contributed by atoms with Crippen LogP contribution in [0.25, 0.3) is 0 Å². The smallest absolute Gasteiger partial charge is 0.317 e. The van der Waals surface area contributed by atoms with Crippen LogP contribution >= 0.6 is 0 Å². The number of carboxylic acids is 3. The topological polar surface area (TPSA) is 112 Å². The summed E-state index contributed by atoms with van der Waals surface area (Å²) in [6.45, 7) is 0. The number of unbranched alkanes of at least 4 members (excludes halogenated alkanes) is 13. The molecule has 0 spiro atoms. The van der Waals surface area contributed by atoms with Gasteiger partial charge in [0.15, 0.2) is 5.92 Å². The van der Waals surface area contributed by atoms with Gasteiger partial charge < -0.3 is 15.3 Å². The van der Waals surface area contributed by atoms with E-state index >= 15 is 0 Å². The largest absolute Gasteiger partial charge is 0.481 e. The lowest BCUT2D eigenvalue weighted by atomic mass is 10.00. The molecule has 0 aromatic heterocycles. The Kier molecular flexibility index (Phi) is 15.8. The maximum Gasteiger partial charge on any atom is 0.317 e. The van der Waals surface area contributed by atoms with Crippen LogP contribution in [0.1, 0.15) is 103 Å². The Morgan fingerprint density at radius 2 is 0.808 bits per heavy atom. The van der Waals surface area contributed by atoms with E-state index in [9.17, 15) is 14.4 Å². The highest BCUT2D eigenvalue weighted by Crippen LogP contribution is 2.15. The fourth-order valence-electron chi connectivity index (χ4n) is 3.10. The van der Waals surface area contributed by atoms with Crippen LogP contribution in [-0.4, -0.2) is 33.2 Å². The molecule has 0 heterocycles. The average Bonchev–Trinajstić information content (AvgIpc) is 2.56. The van der Waals surface area contributed by atoms with E-state index < -0.39 is 23.8 Å². The first kappa shape index (κ1) is 24.4. The van der Waals surface area contributed by atoms with E-state index in [-0.39, 0.29) is 6.42 Å². The second kappa shape index (κ2) is 16.9. The van der Waals surface area contributed by atoms with E-state index in [0.29, 0.717) is 12.8 Å². The summed E-state index contributed by atoms with van der Waals surface area (Å²) in [6.07, 6.45) is 15.8. The van der Waals surface area contributed by atoms with Gasteiger partial charge >= 0.3 is 17.9 Å². The van der Waals surface area contributed by atoms with Gasteiger partial charge in [0.25, 0.3) is 0 Å². The predicted molar refractivity (Wildman–Crippen MR) is 100 cm³/mol. The van der Waals surface area contributed by atoms with Gasteiger partial charge in [-0.15, -0.1) is 0 Å². The predicted octanol–water partition coefficient (Wildman–Crippen LogP) is 5.10. The number of hydrogen-bond donors (Lipinski definition) is 3. The van der Waals surface area contributed by atoms with Crippen molar-refractivity contribution in [2.75, 3.05) is 0 Å². The first-order valence-corrected chi connectivity index (χ1v) is 10.1. The minimum absolute atomic E-state index is 0.223. The molecule has 0 rings (SSSR count). The maximum atomic E-state index is 10.7. The molecule has 0 atom stereocenters. The third-order valence-electron chi connectivity index (χ3n) is 4.73. The van der Waals surface area contributed by atoms with Crippen LogP contribution in [0.2, 0.25) is 0 Å². The van der Waals surface area contributed by atoms with E-state index in [1.54, 1.807) is 0 Å². The van der Waals surface area contributed by atoms with Crippen LogP contribution < -0.4 is 0 Å². The Labute approximate surface area is 157 Å². The van der Waals surface area contributed by atoms with Gasteiger partial charge in [0.1, 0.15) is 0 Å². The Bertz CT molecular complexity index is 380. The first-order valence-electron chi connectivity index (χ1n) is 10.1. The van der Waals surface area contributed by atoms with E-state index in [1.807, 2.05) is 0 Å². The van der Waals surface area contributed by atoms with Crippen molar-refractivity contribution in [2.45, 2.75) is 103 Å². The lowest BCUT2D eigenvalue weighted by Crippen LogP contribution is -2.23. The summed E-state index contributed by atoms with van der Waals surface area (Å²) in [6, 6.07) is 0. The molecule has 0 aliphatic heterocycles. The quantitative estimate of drug-likeness (QED) is 0.215. The molecule has 0 aliphatic rings. The van der Waals surface area contributed by atoms with Gasteiger partial charge in [-0.05, 0) is 12.8 Å². The van der Waals surface area contributed by atoms with Gasteiger partial charge in [-0.3, -0.25) is 14.4 Å². The molecule has 0 aromatic rings. The Balaban J connectivity index is 3.23. The molecule has 3 N–H and O–H groups in total.